The molecular formula is C10H19ClN2O5S3. The summed E-state index contributed by atoms with van der Waals surface area (Å²) in [5.74, 6) is 0. The minimum Gasteiger partial charge on any atom is -0.412 e. The van der Waals surface area contributed by atoms with Crippen LogP contribution < -0.4 is 10.5 Å². The zero-order valence-corrected chi connectivity index (χ0v) is 14.8. The van der Waals surface area contributed by atoms with Crippen molar-refractivity contribution in [3.8, 4) is 0 Å². The van der Waals surface area contributed by atoms with E-state index in [2.05, 4.69) is 5.32 Å². The Balaban J connectivity index is 0.00000200. The van der Waals surface area contributed by atoms with Crippen molar-refractivity contribution in [3.63, 3.8) is 0 Å². The average molecular weight is 379 g/mol. The molecule has 0 unspecified atom stereocenters. The number of halogens is 1. The Kier molecular flexibility index (Phi) is 6.83. The fraction of sp³-hybridized carbons (Fsp3) is 0.600. The SMILES string of the molecule is CCN[C@H]1C[C@H](C)S(=O)(=O)c2sc(S(N)(=O)=O)cc21.Cl.O. The monoisotopic (exact) mass is 378 g/mol. The van der Waals surface area contributed by atoms with Gasteiger partial charge in [-0.3, -0.25) is 0 Å². The summed E-state index contributed by atoms with van der Waals surface area (Å²) in [7, 11) is -7.33. The molecule has 0 aliphatic carbocycles. The van der Waals surface area contributed by atoms with Crippen LogP contribution in [-0.4, -0.2) is 34.1 Å². The van der Waals surface area contributed by atoms with Gasteiger partial charge in [0.15, 0.2) is 9.84 Å². The minimum absolute atomic E-state index is 0. The summed E-state index contributed by atoms with van der Waals surface area (Å²) in [4.78, 5) is 0. The number of sulfone groups is 1. The number of hydrogen-bond donors (Lipinski definition) is 2. The van der Waals surface area contributed by atoms with Crippen molar-refractivity contribution in [2.75, 3.05) is 6.54 Å². The summed E-state index contributed by atoms with van der Waals surface area (Å²) in [5, 5.41) is 7.73. The van der Waals surface area contributed by atoms with Crippen LogP contribution in [0, 0.1) is 0 Å². The molecule has 0 amide bonds. The predicted octanol–water partition coefficient (Wildman–Crippen LogP) is 0.209. The highest BCUT2D eigenvalue weighted by Crippen LogP contribution is 2.42. The van der Waals surface area contributed by atoms with E-state index in [1.807, 2.05) is 6.92 Å². The first-order valence-electron chi connectivity index (χ1n) is 5.81. The molecule has 7 nitrogen and oxygen atoms in total. The first kappa shape index (κ1) is 20.8. The molecule has 2 atom stereocenters. The van der Waals surface area contributed by atoms with Crippen LogP contribution in [-0.2, 0) is 19.9 Å². The Labute approximate surface area is 134 Å². The summed E-state index contributed by atoms with van der Waals surface area (Å²) in [5.41, 5.74) is 0.522. The van der Waals surface area contributed by atoms with Crippen LogP contribution in [0.3, 0.4) is 0 Å². The van der Waals surface area contributed by atoms with Crippen molar-refractivity contribution in [1.82, 2.24) is 5.32 Å². The highest BCUT2D eigenvalue weighted by Gasteiger charge is 2.39. The summed E-state index contributed by atoms with van der Waals surface area (Å²) in [6.07, 6.45) is 0.434. The van der Waals surface area contributed by atoms with E-state index in [-0.39, 0.29) is 32.3 Å². The first-order chi connectivity index (χ1) is 8.67. The Morgan fingerprint density at radius 1 is 1.48 bits per heavy atom. The van der Waals surface area contributed by atoms with Gasteiger partial charge in [-0.2, -0.15) is 0 Å². The van der Waals surface area contributed by atoms with Gasteiger partial charge in [0.1, 0.15) is 8.42 Å². The molecular weight excluding hydrogens is 360 g/mol. The standard InChI is InChI=1S/C10H16N2O4S3.ClH.H2O/c1-3-12-8-4-6(2)18(13,14)10-7(8)5-9(17-10)19(11,15)16;;/h5-6,8,12H,3-4H2,1-2H3,(H2,11,15,16);1H;1H2/t6-,8-;;/m0../s1. The summed E-state index contributed by atoms with van der Waals surface area (Å²) in [6, 6.07) is 1.23. The van der Waals surface area contributed by atoms with E-state index >= 15 is 0 Å². The molecule has 124 valence electrons. The van der Waals surface area contributed by atoms with Crippen molar-refractivity contribution in [1.29, 1.82) is 0 Å². The minimum atomic E-state index is -3.88. The van der Waals surface area contributed by atoms with Crippen LogP contribution in [0.1, 0.15) is 31.9 Å². The number of nitrogens with two attached hydrogens (primary N) is 1. The van der Waals surface area contributed by atoms with Crippen LogP contribution in [0.15, 0.2) is 14.5 Å². The lowest BCUT2D eigenvalue weighted by molar-refractivity contribution is 0.477. The van der Waals surface area contributed by atoms with Crippen LogP contribution in [0.4, 0.5) is 0 Å². The quantitative estimate of drug-likeness (QED) is 0.774. The smallest absolute Gasteiger partial charge is 0.247 e. The van der Waals surface area contributed by atoms with Crippen molar-refractivity contribution < 1.29 is 22.3 Å². The van der Waals surface area contributed by atoms with Gasteiger partial charge in [0.2, 0.25) is 10.0 Å². The lowest BCUT2D eigenvalue weighted by Gasteiger charge is -2.27. The van der Waals surface area contributed by atoms with E-state index in [1.54, 1.807) is 6.92 Å². The lowest BCUT2D eigenvalue weighted by atomic mass is 10.1. The van der Waals surface area contributed by atoms with Gasteiger partial charge in [-0.15, -0.1) is 23.7 Å². The molecule has 1 aromatic rings. The third kappa shape index (κ3) is 3.76. The molecule has 21 heavy (non-hydrogen) atoms. The van der Waals surface area contributed by atoms with Crippen molar-refractivity contribution in [2.24, 2.45) is 5.14 Å². The topological polar surface area (TPSA) is 138 Å². The molecule has 11 heteroatoms. The van der Waals surface area contributed by atoms with Gasteiger partial charge in [-0.1, -0.05) is 6.92 Å². The zero-order valence-electron chi connectivity index (χ0n) is 11.5. The summed E-state index contributed by atoms with van der Waals surface area (Å²) >= 11 is 0.742. The summed E-state index contributed by atoms with van der Waals surface area (Å²) in [6.45, 7) is 4.23. The normalized spacial score (nSPS) is 23.6. The number of nitrogens with one attached hydrogen (secondary N) is 1. The number of rotatable bonds is 3. The molecule has 0 bridgehead atoms. The number of sulfonamides is 1. The lowest BCUT2D eigenvalue weighted by Crippen LogP contribution is -2.33. The van der Waals surface area contributed by atoms with Gasteiger partial charge < -0.3 is 10.8 Å². The highest BCUT2D eigenvalue weighted by atomic mass is 35.5. The third-order valence-corrected chi connectivity index (χ3v) is 8.48. The van der Waals surface area contributed by atoms with Crippen molar-refractivity contribution in [2.45, 2.75) is 40.0 Å². The second kappa shape index (κ2) is 6.90. The molecule has 2 heterocycles. The summed E-state index contributed by atoms with van der Waals surface area (Å²) < 4.78 is 47.3. The molecule has 1 aliphatic rings. The third-order valence-electron chi connectivity index (χ3n) is 3.16. The van der Waals surface area contributed by atoms with Gasteiger partial charge in [0, 0.05) is 11.6 Å². The van der Waals surface area contributed by atoms with E-state index in [4.69, 9.17) is 5.14 Å². The van der Waals surface area contributed by atoms with E-state index < -0.39 is 25.1 Å². The number of primary sulfonamides is 1. The van der Waals surface area contributed by atoms with Crippen LogP contribution in [0.25, 0.3) is 0 Å². The van der Waals surface area contributed by atoms with Gasteiger partial charge in [-0.25, -0.2) is 22.0 Å². The molecule has 2 rings (SSSR count). The Hall–Kier alpha value is -0.230. The van der Waals surface area contributed by atoms with Crippen LogP contribution >= 0.6 is 23.7 Å². The molecule has 0 spiro atoms. The van der Waals surface area contributed by atoms with Gasteiger partial charge in [-0.05, 0) is 26.0 Å². The maximum absolute atomic E-state index is 12.2. The Morgan fingerprint density at radius 3 is 2.52 bits per heavy atom. The van der Waals surface area contributed by atoms with E-state index in [0.717, 1.165) is 11.3 Å². The van der Waals surface area contributed by atoms with Gasteiger partial charge in [0.05, 0.1) is 5.25 Å². The second-order valence-corrected chi connectivity index (χ2v) is 9.96. The highest BCUT2D eigenvalue weighted by molar-refractivity contribution is 7.95. The van der Waals surface area contributed by atoms with E-state index in [9.17, 15) is 16.8 Å². The first-order valence-corrected chi connectivity index (χ1v) is 9.72. The number of hydrogen-bond acceptors (Lipinski definition) is 6. The zero-order chi connectivity index (χ0) is 14.4. The van der Waals surface area contributed by atoms with Crippen LogP contribution in [0.5, 0.6) is 0 Å². The maximum atomic E-state index is 12.2. The molecule has 0 saturated heterocycles. The molecule has 1 aromatic heterocycles. The average Bonchev–Trinajstić information content (AvgIpc) is 2.72. The van der Waals surface area contributed by atoms with E-state index in [0.29, 0.717) is 18.5 Å². The fourth-order valence-corrected chi connectivity index (χ4v) is 6.60. The Morgan fingerprint density at radius 2 is 2.05 bits per heavy atom. The predicted molar refractivity (Wildman–Crippen MR) is 84.2 cm³/mol. The molecule has 1 aliphatic heterocycles. The molecule has 0 fully saturated rings. The Bertz CT molecular complexity index is 698. The van der Waals surface area contributed by atoms with Crippen LogP contribution in [0.2, 0.25) is 0 Å². The van der Waals surface area contributed by atoms with Gasteiger partial charge in [0.25, 0.3) is 0 Å². The molecule has 0 radical (unpaired) electrons. The fourth-order valence-electron chi connectivity index (χ4n) is 2.18. The second-order valence-electron chi connectivity index (χ2n) is 4.55. The number of thiophene rings is 1. The molecule has 0 saturated carbocycles. The molecule has 0 aromatic carbocycles. The largest absolute Gasteiger partial charge is 0.412 e. The van der Waals surface area contributed by atoms with Gasteiger partial charge >= 0.3 is 0 Å². The molecule has 5 N–H and O–H groups in total. The van der Waals surface area contributed by atoms with Crippen molar-refractivity contribution >= 4 is 43.6 Å². The number of fused-ring (bicyclic) bond motifs is 1. The van der Waals surface area contributed by atoms with E-state index in [1.165, 1.54) is 6.07 Å². The maximum Gasteiger partial charge on any atom is 0.247 e. The van der Waals surface area contributed by atoms with Crippen molar-refractivity contribution in [3.05, 3.63) is 11.6 Å².